The van der Waals surface area contributed by atoms with Crippen LogP contribution < -0.4 is 11.1 Å². The maximum atomic E-state index is 13.5. The van der Waals surface area contributed by atoms with Crippen LogP contribution in [0.25, 0.3) is 0 Å². The van der Waals surface area contributed by atoms with Crippen LogP contribution in [0.4, 0.5) is 10.1 Å². The van der Waals surface area contributed by atoms with E-state index in [-0.39, 0.29) is 12.1 Å². The number of hydrogen-bond acceptors (Lipinski definition) is 2. The summed E-state index contributed by atoms with van der Waals surface area (Å²) in [6.45, 7) is 0.271. The lowest BCUT2D eigenvalue weighted by atomic mass is 10.1. The van der Waals surface area contributed by atoms with Gasteiger partial charge in [-0.2, -0.15) is 0 Å². The third-order valence-electron chi connectivity index (χ3n) is 2.58. The second kappa shape index (κ2) is 5.71. The smallest absolute Gasteiger partial charge is 0.254 e. The summed E-state index contributed by atoms with van der Waals surface area (Å²) < 4.78 is 13.5. The normalized spacial score (nSPS) is 10.2. The summed E-state index contributed by atoms with van der Waals surface area (Å²) in [5, 5.41) is 3.20. The van der Waals surface area contributed by atoms with E-state index in [4.69, 9.17) is 17.3 Å². The van der Waals surface area contributed by atoms with Crippen molar-refractivity contribution in [1.82, 2.24) is 5.32 Å². The Balaban J connectivity index is 2.07. The van der Waals surface area contributed by atoms with E-state index in [2.05, 4.69) is 5.32 Å². The molecule has 1 amide bonds. The Kier molecular flexibility index (Phi) is 4.02. The third-order valence-corrected chi connectivity index (χ3v) is 2.81. The molecule has 0 aliphatic heterocycles. The molecular formula is C14H12ClFN2O. The van der Waals surface area contributed by atoms with Crippen molar-refractivity contribution in [3.8, 4) is 0 Å². The summed E-state index contributed by atoms with van der Waals surface area (Å²) in [7, 11) is 0. The van der Waals surface area contributed by atoms with Gasteiger partial charge in [-0.05, 0) is 35.9 Å². The van der Waals surface area contributed by atoms with Crippen LogP contribution in [0.5, 0.6) is 0 Å². The SMILES string of the molecule is Nc1ccc(F)c(C(=O)NCc2cccc(Cl)c2)c1. The van der Waals surface area contributed by atoms with Crippen molar-refractivity contribution in [3.63, 3.8) is 0 Å². The van der Waals surface area contributed by atoms with Gasteiger partial charge in [0.15, 0.2) is 0 Å². The second-order valence-electron chi connectivity index (χ2n) is 4.05. The Bertz CT molecular complexity index is 616. The molecule has 0 aliphatic rings. The molecule has 0 fully saturated rings. The minimum atomic E-state index is -0.599. The first kappa shape index (κ1) is 13.4. The van der Waals surface area contributed by atoms with Gasteiger partial charge in [-0.15, -0.1) is 0 Å². The van der Waals surface area contributed by atoms with Gasteiger partial charge in [-0.25, -0.2) is 4.39 Å². The lowest BCUT2D eigenvalue weighted by Crippen LogP contribution is -2.24. The average Bonchev–Trinajstić information content (AvgIpc) is 2.39. The van der Waals surface area contributed by atoms with Gasteiger partial charge in [0, 0.05) is 17.3 Å². The molecular weight excluding hydrogens is 267 g/mol. The van der Waals surface area contributed by atoms with Crippen LogP contribution in [0, 0.1) is 5.82 Å². The Hall–Kier alpha value is -2.07. The Morgan fingerprint density at radius 1 is 1.26 bits per heavy atom. The van der Waals surface area contributed by atoms with Crippen molar-refractivity contribution in [2.24, 2.45) is 0 Å². The van der Waals surface area contributed by atoms with Crippen LogP contribution in [0.15, 0.2) is 42.5 Å². The molecule has 0 unspecified atom stereocenters. The van der Waals surface area contributed by atoms with E-state index in [1.165, 1.54) is 18.2 Å². The number of anilines is 1. The number of carbonyl (C=O) groups excluding carboxylic acids is 1. The first-order valence-electron chi connectivity index (χ1n) is 5.64. The summed E-state index contributed by atoms with van der Waals surface area (Å²) in [5.74, 6) is -1.11. The third kappa shape index (κ3) is 3.45. The number of amides is 1. The number of hydrogen-bond donors (Lipinski definition) is 2. The van der Waals surface area contributed by atoms with Crippen molar-refractivity contribution in [2.45, 2.75) is 6.54 Å². The van der Waals surface area contributed by atoms with E-state index >= 15 is 0 Å². The quantitative estimate of drug-likeness (QED) is 0.848. The molecule has 98 valence electrons. The second-order valence-corrected chi connectivity index (χ2v) is 4.49. The molecule has 2 rings (SSSR count). The molecule has 3 N–H and O–H groups in total. The highest BCUT2D eigenvalue weighted by molar-refractivity contribution is 6.30. The predicted molar refractivity (Wildman–Crippen MR) is 73.4 cm³/mol. The van der Waals surface area contributed by atoms with E-state index < -0.39 is 11.7 Å². The van der Waals surface area contributed by atoms with E-state index in [9.17, 15) is 9.18 Å². The van der Waals surface area contributed by atoms with E-state index in [1.807, 2.05) is 6.07 Å². The molecule has 0 saturated carbocycles. The van der Waals surface area contributed by atoms with Gasteiger partial charge >= 0.3 is 0 Å². The molecule has 2 aromatic rings. The molecule has 0 saturated heterocycles. The van der Waals surface area contributed by atoms with Crippen molar-refractivity contribution >= 4 is 23.2 Å². The zero-order valence-electron chi connectivity index (χ0n) is 9.99. The topological polar surface area (TPSA) is 55.1 Å². The number of halogens is 2. The van der Waals surface area contributed by atoms with Gasteiger partial charge in [0.2, 0.25) is 0 Å². The van der Waals surface area contributed by atoms with Crippen molar-refractivity contribution < 1.29 is 9.18 Å². The zero-order chi connectivity index (χ0) is 13.8. The molecule has 0 aliphatic carbocycles. The number of benzene rings is 2. The minimum absolute atomic E-state index is 0.0676. The van der Waals surface area contributed by atoms with Gasteiger partial charge in [-0.3, -0.25) is 4.79 Å². The van der Waals surface area contributed by atoms with Gasteiger partial charge in [0.1, 0.15) is 5.82 Å². The Morgan fingerprint density at radius 2 is 2.05 bits per heavy atom. The molecule has 0 atom stereocenters. The fourth-order valence-electron chi connectivity index (χ4n) is 1.64. The van der Waals surface area contributed by atoms with Gasteiger partial charge < -0.3 is 11.1 Å². The Morgan fingerprint density at radius 3 is 2.79 bits per heavy atom. The van der Waals surface area contributed by atoms with Crippen molar-refractivity contribution in [3.05, 3.63) is 64.4 Å². The predicted octanol–water partition coefficient (Wildman–Crippen LogP) is 2.99. The highest BCUT2D eigenvalue weighted by Crippen LogP contribution is 2.13. The fourth-order valence-corrected chi connectivity index (χ4v) is 1.85. The number of nitrogens with one attached hydrogen (secondary N) is 1. The Labute approximate surface area is 115 Å². The zero-order valence-corrected chi connectivity index (χ0v) is 10.7. The molecule has 0 aromatic heterocycles. The monoisotopic (exact) mass is 278 g/mol. The summed E-state index contributed by atoms with van der Waals surface area (Å²) in [6.07, 6.45) is 0. The van der Waals surface area contributed by atoms with Gasteiger partial charge in [-0.1, -0.05) is 23.7 Å². The highest BCUT2D eigenvalue weighted by atomic mass is 35.5. The average molecular weight is 279 g/mol. The van der Waals surface area contributed by atoms with Crippen molar-refractivity contribution in [1.29, 1.82) is 0 Å². The van der Waals surface area contributed by atoms with E-state index in [1.54, 1.807) is 18.2 Å². The molecule has 19 heavy (non-hydrogen) atoms. The minimum Gasteiger partial charge on any atom is -0.399 e. The molecule has 2 aromatic carbocycles. The summed E-state index contributed by atoms with van der Waals surface area (Å²) in [4.78, 5) is 11.8. The number of nitrogen functional groups attached to an aromatic ring is 1. The number of carbonyl (C=O) groups is 1. The van der Waals surface area contributed by atoms with Crippen LogP contribution in [0.3, 0.4) is 0 Å². The van der Waals surface area contributed by atoms with E-state index in [0.29, 0.717) is 10.7 Å². The lowest BCUT2D eigenvalue weighted by molar-refractivity contribution is 0.0947. The van der Waals surface area contributed by atoms with Gasteiger partial charge in [0.25, 0.3) is 5.91 Å². The molecule has 0 bridgehead atoms. The standard InChI is InChI=1S/C14H12ClFN2O/c15-10-3-1-2-9(6-10)8-18-14(19)12-7-11(17)4-5-13(12)16/h1-7H,8,17H2,(H,18,19). The van der Waals surface area contributed by atoms with Crippen molar-refractivity contribution in [2.75, 3.05) is 5.73 Å². The first-order chi connectivity index (χ1) is 9.06. The fraction of sp³-hybridized carbons (Fsp3) is 0.0714. The number of rotatable bonds is 3. The van der Waals surface area contributed by atoms with Crippen LogP contribution in [0.1, 0.15) is 15.9 Å². The summed E-state index contributed by atoms with van der Waals surface area (Å²) in [5.41, 5.74) is 6.64. The van der Waals surface area contributed by atoms with E-state index in [0.717, 1.165) is 5.56 Å². The number of nitrogens with two attached hydrogens (primary N) is 1. The van der Waals surface area contributed by atoms with Crippen LogP contribution in [0.2, 0.25) is 5.02 Å². The highest BCUT2D eigenvalue weighted by Gasteiger charge is 2.11. The maximum Gasteiger partial charge on any atom is 0.254 e. The maximum absolute atomic E-state index is 13.5. The first-order valence-corrected chi connectivity index (χ1v) is 6.02. The molecule has 3 nitrogen and oxygen atoms in total. The van der Waals surface area contributed by atoms with Crippen LogP contribution >= 0.6 is 11.6 Å². The largest absolute Gasteiger partial charge is 0.399 e. The van der Waals surface area contributed by atoms with Gasteiger partial charge in [0.05, 0.1) is 5.56 Å². The molecule has 5 heteroatoms. The summed E-state index contributed by atoms with van der Waals surface area (Å²) in [6, 6.07) is 11.0. The lowest BCUT2D eigenvalue weighted by Gasteiger charge is -2.07. The molecule has 0 heterocycles. The van der Waals surface area contributed by atoms with Crippen LogP contribution in [-0.4, -0.2) is 5.91 Å². The van der Waals surface area contributed by atoms with Crippen LogP contribution in [-0.2, 0) is 6.54 Å². The molecule has 0 spiro atoms. The molecule has 0 radical (unpaired) electrons. The summed E-state index contributed by atoms with van der Waals surface area (Å²) >= 11 is 5.83.